The Bertz CT molecular complexity index is 763. The van der Waals surface area contributed by atoms with Crippen LogP contribution in [-0.2, 0) is 17.1 Å². The van der Waals surface area contributed by atoms with E-state index in [0.717, 1.165) is 43.0 Å². The van der Waals surface area contributed by atoms with E-state index in [4.69, 9.17) is 11.6 Å². The van der Waals surface area contributed by atoms with Crippen molar-refractivity contribution in [2.75, 3.05) is 19.6 Å². The molecule has 0 aliphatic carbocycles. The first-order valence-corrected chi connectivity index (χ1v) is 10.3. The lowest BCUT2D eigenvalue weighted by molar-refractivity contribution is 0.238. The zero-order valence-corrected chi connectivity index (χ0v) is 15.3. The molecule has 0 radical (unpaired) electrons. The fraction of sp³-hybridized carbons (Fsp3) is 0.467. The Hall–Kier alpha value is -0.860. The lowest BCUT2D eigenvalue weighted by Crippen LogP contribution is -2.37. The van der Waals surface area contributed by atoms with E-state index in [0.29, 0.717) is 10.9 Å². The number of rotatable bonds is 6. The van der Waals surface area contributed by atoms with Gasteiger partial charge in [0.15, 0.2) is 0 Å². The summed E-state index contributed by atoms with van der Waals surface area (Å²) in [5.74, 6) is 0. The fourth-order valence-electron chi connectivity index (χ4n) is 3.00. The van der Waals surface area contributed by atoms with Gasteiger partial charge in [-0.25, -0.2) is 13.1 Å². The van der Waals surface area contributed by atoms with Crippen LogP contribution in [0.3, 0.4) is 0 Å². The van der Waals surface area contributed by atoms with Gasteiger partial charge in [0.2, 0.25) is 10.0 Å². The SMILES string of the molecule is Cn1cccc1C(CNS(=O)(=O)c1ccc(Cl)s1)N1CCCC1. The van der Waals surface area contributed by atoms with Gasteiger partial charge in [-0.3, -0.25) is 4.90 Å². The number of likely N-dealkylation sites (tertiary alicyclic amines) is 1. The van der Waals surface area contributed by atoms with Crippen LogP contribution in [0.5, 0.6) is 0 Å². The maximum Gasteiger partial charge on any atom is 0.250 e. The molecule has 0 amide bonds. The Morgan fingerprint density at radius 3 is 2.61 bits per heavy atom. The molecule has 1 fully saturated rings. The molecular weight excluding hydrogens is 354 g/mol. The molecule has 0 spiro atoms. The smallest absolute Gasteiger partial charge is 0.250 e. The molecule has 1 unspecified atom stereocenters. The molecule has 0 aromatic carbocycles. The van der Waals surface area contributed by atoms with Gasteiger partial charge in [-0.1, -0.05) is 11.6 Å². The third kappa shape index (κ3) is 3.80. The molecule has 126 valence electrons. The van der Waals surface area contributed by atoms with Crippen LogP contribution in [-0.4, -0.2) is 37.5 Å². The molecular formula is C15H20ClN3O2S2. The molecule has 1 aliphatic rings. The number of aryl methyl sites for hydroxylation is 1. The Balaban J connectivity index is 1.78. The predicted molar refractivity (Wildman–Crippen MR) is 93.5 cm³/mol. The molecule has 1 aliphatic heterocycles. The second kappa shape index (κ2) is 6.94. The van der Waals surface area contributed by atoms with Gasteiger partial charge in [-0.05, 0) is 50.2 Å². The molecule has 8 heteroatoms. The van der Waals surface area contributed by atoms with Crippen molar-refractivity contribution in [2.45, 2.75) is 23.1 Å². The average molecular weight is 374 g/mol. The highest BCUT2D eigenvalue weighted by Crippen LogP contribution is 2.27. The summed E-state index contributed by atoms with van der Waals surface area (Å²) in [6.45, 7) is 2.36. The summed E-state index contributed by atoms with van der Waals surface area (Å²) in [6.07, 6.45) is 4.31. The molecule has 1 N–H and O–H groups in total. The largest absolute Gasteiger partial charge is 0.353 e. The van der Waals surface area contributed by atoms with E-state index in [1.807, 2.05) is 19.3 Å². The van der Waals surface area contributed by atoms with Crippen LogP contribution in [0.1, 0.15) is 24.6 Å². The third-order valence-electron chi connectivity index (χ3n) is 4.19. The van der Waals surface area contributed by atoms with Crippen molar-refractivity contribution in [3.63, 3.8) is 0 Å². The number of hydrogen-bond donors (Lipinski definition) is 1. The Labute approximate surface area is 145 Å². The van der Waals surface area contributed by atoms with Crippen molar-refractivity contribution in [1.29, 1.82) is 0 Å². The van der Waals surface area contributed by atoms with E-state index in [-0.39, 0.29) is 10.3 Å². The third-order valence-corrected chi connectivity index (χ3v) is 7.33. The lowest BCUT2D eigenvalue weighted by atomic mass is 10.2. The summed E-state index contributed by atoms with van der Waals surface area (Å²) in [6, 6.07) is 7.24. The molecule has 2 aromatic heterocycles. The highest BCUT2D eigenvalue weighted by Gasteiger charge is 2.27. The molecule has 0 bridgehead atoms. The van der Waals surface area contributed by atoms with Crippen LogP contribution in [0, 0.1) is 0 Å². The molecule has 2 aromatic rings. The quantitative estimate of drug-likeness (QED) is 0.847. The van der Waals surface area contributed by atoms with Crippen LogP contribution in [0.25, 0.3) is 0 Å². The van der Waals surface area contributed by atoms with Crippen LogP contribution >= 0.6 is 22.9 Å². The minimum absolute atomic E-state index is 0.0442. The second-order valence-corrected chi connectivity index (χ2v) is 9.42. The van der Waals surface area contributed by atoms with Crippen LogP contribution in [0.4, 0.5) is 0 Å². The van der Waals surface area contributed by atoms with Crippen molar-refractivity contribution in [2.24, 2.45) is 7.05 Å². The van der Waals surface area contributed by atoms with Gasteiger partial charge in [0, 0.05) is 25.5 Å². The maximum absolute atomic E-state index is 12.4. The summed E-state index contributed by atoms with van der Waals surface area (Å²) >= 11 is 6.92. The van der Waals surface area contributed by atoms with E-state index in [1.54, 1.807) is 12.1 Å². The molecule has 1 saturated heterocycles. The summed E-state index contributed by atoms with van der Waals surface area (Å²) in [4.78, 5) is 2.35. The summed E-state index contributed by atoms with van der Waals surface area (Å²) < 4.78 is 30.4. The number of sulfonamides is 1. The number of hydrogen-bond acceptors (Lipinski definition) is 4. The number of aromatic nitrogens is 1. The summed E-state index contributed by atoms with van der Waals surface area (Å²) in [5.41, 5.74) is 1.12. The van der Waals surface area contributed by atoms with Gasteiger partial charge in [0.1, 0.15) is 4.21 Å². The van der Waals surface area contributed by atoms with E-state index < -0.39 is 10.0 Å². The lowest BCUT2D eigenvalue weighted by Gasteiger charge is -2.28. The van der Waals surface area contributed by atoms with E-state index in [1.165, 1.54) is 0 Å². The summed E-state index contributed by atoms with van der Waals surface area (Å²) in [5, 5.41) is 0. The van der Waals surface area contributed by atoms with E-state index in [2.05, 4.69) is 20.3 Å². The predicted octanol–water partition coefficient (Wildman–Crippen LogP) is 2.86. The first-order valence-electron chi connectivity index (χ1n) is 7.57. The Morgan fingerprint density at radius 1 is 1.30 bits per heavy atom. The Morgan fingerprint density at radius 2 is 2.04 bits per heavy atom. The van der Waals surface area contributed by atoms with E-state index >= 15 is 0 Å². The van der Waals surface area contributed by atoms with Gasteiger partial charge in [-0.2, -0.15) is 0 Å². The number of nitrogens with zero attached hydrogens (tertiary/aromatic N) is 2. The first kappa shape index (κ1) is 17.0. The van der Waals surface area contributed by atoms with Gasteiger partial charge in [0.25, 0.3) is 0 Å². The van der Waals surface area contributed by atoms with E-state index in [9.17, 15) is 8.42 Å². The monoisotopic (exact) mass is 373 g/mol. The van der Waals surface area contributed by atoms with Crippen molar-refractivity contribution >= 4 is 33.0 Å². The highest BCUT2D eigenvalue weighted by molar-refractivity contribution is 7.91. The zero-order valence-electron chi connectivity index (χ0n) is 12.9. The standard InChI is InChI=1S/C15H20ClN3O2S2/c1-18-8-4-5-12(18)13(19-9-2-3-10-19)11-17-23(20,21)15-7-6-14(16)22-15/h4-8,13,17H,2-3,9-11H2,1H3. The number of nitrogens with one attached hydrogen (secondary N) is 1. The normalized spacial score (nSPS) is 17.7. The fourth-order valence-corrected chi connectivity index (χ4v) is 5.56. The molecule has 5 nitrogen and oxygen atoms in total. The average Bonchev–Trinajstić information content (AvgIpc) is 3.22. The second-order valence-electron chi connectivity index (χ2n) is 5.71. The molecule has 0 saturated carbocycles. The highest BCUT2D eigenvalue weighted by atomic mass is 35.5. The number of halogens is 1. The van der Waals surface area contributed by atoms with Gasteiger partial charge < -0.3 is 4.57 Å². The molecule has 3 heterocycles. The molecule has 1 atom stereocenters. The summed E-state index contributed by atoms with van der Waals surface area (Å²) in [7, 11) is -1.53. The van der Waals surface area contributed by atoms with Gasteiger partial charge in [0.05, 0.1) is 10.4 Å². The van der Waals surface area contributed by atoms with Crippen molar-refractivity contribution in [1.82, 2.24) is 14.2 Å². The Kier molecular flexibility index (Phi) is 5.13. The molecule has 23 heavy (non-hydrogen) atoms. The minimum atomic E-state index is -3.52. The van der Waals surface area contributed by atoms with Crippen molar-refractivity contribution < 1.29 is 8.42 Å². The first-order chi connectivity index (χ1) is 11.0. The van der Waals surface area contributed by atoms with Crippen LogP contribution in [0.15, 0.2) is 34.7 Å². The zero-order chi connectivity index (χ0) is 16.4. The molecule has 3 rings (SSSR count). The van der Waals surface area contributed by atoms with Crippen LogP contribution < -0.4 is 4.72 Å². The van der Waals surface area contributed by atoms with Crippen LogP contribution in [0.2, 0.25) is 4.34 Å². The maximum atomic E-state index is 12.4. The minimum Gasteiger partial charge on any atom is -0.353 e. The van der Waals surface area contributed by atoms with Gasteiger partial charge >= 0.3 is 0 Å². The van der Waals surface area contributed by atoms with Crippen molar-refractivity contribution in [3.05, 3.63) is 40.5 Å². The van der Waals surface area contributed by atoms with Gasteiger partial charge in [-0.15, -0.1) is 11.3 Å². The number of thiophene rings is 1. The topological polar surface area (TPSA) is 54.3 Å². The van der Waals surface area contributed by atoms with Crippen molar-refractivity contribution in [3.8, 4) is 0 Å².